The van der Waals surface area contributed by atoms with Crippen molar-refractivity contribution in [2.75, 3.05) is 12.0 Å². The normalized spacial score (nSPS) is 10.9. The summed E-state index contributed by atoms with van der Waals surface area (Å²) in [6.07, 6.45) is 2.43. The molecule has 0 aliphatic carbocycles. The van der Waals surface area contributed by atoms with Crippen molar-refractivity contribution in [1.82, 2.24) is 0 Å². The molecule has 0 aromatic heterocycles. The van der Waals surface area contributed by atoms with Crippen LogP contribution >= 0.6 is 23.2 Å². The highest BCUT2D eigenvalue weighted by Gasteiger charge is 2.02. The number of ether oxygens (including phenoxy) is 1. The molecular weight excluding hydrogens is 323 g/mol. The number of halogens is 2. The third kappa shape index (κ3) is 4.55. The Morgan fingerprint density at radius 3 is 2.68 bits per heavy atom. The fraction of sp³-hybridized carbons (Fsp3) is 0.188. The highest BCUT2D eigenvalue weighted by molar-refractivity contribution is 6.42. The van der Waals surface area contributed by atoms with E-state index < -0.39 is 0 Å². The van der Waals surface area contributed by atoms with E-state index in [1.807, 2.05) is 6.92 Å². The number of nitrogens with zero attached hydrogens (tertiary/aromatic N) is 1. The summed E-state index contributed by atoms with van der Waals surface area (Å²) in [5, 5.41) is 14.9. The Balaban J connectivity index is 2.01. The maximum absolute atomic E-state index is 9.93. The smallest absolute Gasteiger partial charge is 0.128 e. The van der Waals surface area contributed by atoms with Crippen molar-refractivity contribution in [3.63, 3.8) is 0 Å². The van der Waals surface area contributed by atoms with Gasteiger partial charge in [0.2, 0.25) is 0 Å². The third-order valence-corrected chi connectivity index (χ3v) is 3.53. The van der Waals surface area contributed by atoms with Gasteiger partial charge in [-0.05, 0) is 36.8 Å². The van der Waals surface area contributed by atoms with Gasteiger partial charge in [-0.3, -0.25) is 5.43 Å². The lowest BCUT2D eigenvalue weighted by molar-refractivity contribution is 0.315. The Kier molecular flexibility index (Phi) is 5.92. The van der Waals surface area contributed by atoms with Crippen LogP contribution in [0.4, 0.5) is 5.69 Å². The second-order valence-corrected chi connectivity index (χ2v) is 5.38. The molecule has 0 unspecified atom stereocenters. The molecule has 0 aliphatic heterocycles. The molecule has 0 aliphatic rings. The molecule has 4 nitrogen and oxygen atoms in total. The number of aromatic hydroxyl groups is 1. The molecule has 0 saturated carbocycles. The summed E-state index contributed by atoms with van der Waals surface area (Å²) in [6.45, 7) is 2.64. The number of hydrogen-bond acceptors (Lipinski definition) is 4. The molecule has 2 rings (SSSR count). The molecule has 0 atom stereocenters. The van der Waals surface area contributed by atoms with Crippen LogP contribution in [0, 0.1) is 0 Å². The van der Waals surface area contributed by atoms with E-state index >= 15 is 0 Å². The van der Waals surface area contributed by atoms with Crippen LogP contribution in [0.2, 0.25) is 10.0 Å². The first kappa shape index (κ1) is 16.5. The van der Waals surface area contributed by atoms with Gasteiger partial charge in [0.1, 0.15) is 11.5 Å². The maximum Gasteiger partial charge on any atom is 0.128 e. The van der Waals surface area contributed by atoms with Crippen LogP contribution in [-0.2, 0) is 0 Å². The number of benzene rings is 2. The van der Waals surface area contributed by atoms with Crippen molar-refractivity contribution in [1.29, 1.82) is 0 Å². The predicted octanol–water partition coefficient (Wildman–Crippen LogP) is 4.93. The number of hydrogen-bond donors (Lipinski definition) is 2. The second-order valence-electron chi connectivity index (χ2n) is 4.57. The zero-order valence-electron chi connectivity index (χ0n) is 12.0. The van der Waals surface area contributed by atoms with E-state index in [0.717, 1.165) is 6.42 Å². The topological polar surface area (TPSA) is 53.8 Å². The molecule has 22 heavy (non-hydrogen) atoms. The Bertz CT molecular complexity index is 675. The second kappa shape index (κ2) is 7.92. The van der Waals surface area contributed by atoms with Crippen LogP contribution in [0.15, 0.2) is 41.5 Å². The predicted molar refractivity (Wildman–Crippen MR) is 91.6 cm³/mol. The minimum atomic E-state index is 0.105. The quantitative estimate of drug-likeness (QED) is 0.579. The Labute approximate surface area is 139 Å². The van der Waals surface area contributed by atoms with Gasteiger partial charge in [0.15, 0.2) is 0 Å². The molecule has 0 bridgehead atoms. The van der Waals surface area contributed by atoms with Crippen molar-refractivity contribution in [2.24, 2.45) is 5.10 Å². The summed E-state index contributed by atoms with van der Waals surface area (Å²) in [5.41, 5.74) is 4.10. The van der Waals surface area contributed by atoms with E-state index in [1.165, 1.54) is 6.21 Å². The first-order valence-electron chi connectivity index (χ1n) is 6.80. The van der Waals surface area contributed by atoms with Gasteiger partial charge < -0.3 is 9.84 Å². The van der Waals surface area contributed by atoms with Crippen LogP contribution in [-0.4, -0.2) is 17.9 Å². The van der Waals surface area contributed by atoms with E-state index in [2.05, 4.69) is 10.5 Å². The van der Waals surface area contributed by atoms with E-state index in [4.69, 9.17) is 27.9 Å². The van der Waals surface area contributed by atoms with Crippen LogP contribution in [0.1, 0.15) is 18.9 Å². The molecule has 6 heteroatoms. The van der Waals surface area contributed by atoms with E-state index in [9.17, 15) is 5.11 Å². The molecule has 0 saturated heterocycles. The number of phenols is 1. The lowest BCUT2D eigenvalue weighted by Gasteiger charge is -2.06. The minimum Gasteiger partial charge on any atom is -0.507 e. The minimum absolute atomic E-state index is 0.105. The highest BCUT2D eigenvalue weighted by Crippen LogP contribution is 2.25. The van der Waals surface area contributed by atoms with Gasteiger partial charge >= 0.3 is 0 Å². The summed E-state index contributed by atoms with van der Waals surface area (Å²) in [5.74, 6) is 0.738. The maximum atomic E-state index is 9.93. The summed E-state index contributed by atoms with van der Waals surface area (Å²) < 4.78 is 5.44. The zero-order chi connectivity index (χ0) is 15.9. The number of rotatable bonds is 6. The molecule has 0 fully saturated rings. The summed E-state index contributed by atoms with van der Waals surface area (Å²) >= 11 is 11.8. The SMILES string of the molecule is CCCOc1ccc(/C=N/Nc2ccc(Cl)c(Cl)c2)c(O)c1. The fourth-order valence-electron chi connectivity index (χ4n) is 1.68. The first-order valence-corrected chi connectivity index (χ1v) is 7.55. The van der Waals surface area contributed by atoms with Crippen LogP contribution in [0.3, 0.4) is 0 Å². The van der Waals surface area contributed by atoms with Crippen LogP contribution in [0.25, 0.3) is 0 Å². The molecular formula is C16H16Cl2N2O2. The van der Waals surface area contributed by atoms with E-state index in [1.54, 1.807) is 36.4 Å². The molecule has 0 radical (unpaired) electrons. The standard InChI is InChI=1S/C16H16Cl2N2O2/c1-2-7-22-13-5-3-11(16(21)9-13)10-19-20-12-4-6-14(17)15(18)8-12/h3-6,8-10,20-21H,2,7H2,1H3/b19-10+. The summed E-state index contributed by atoms with van der Waals surface area (Å²) in [7, 11) is 0. The zero-order valence-corrected chi connectivity index (χ0v) is 13.5. The average Bonchev–Trinajstić information content (AvgIpc) is 2.50. The average molecular weight is 339 g/mol. The van der Waals surface area contributed by atoms with Crippen molar-refractivity contribution < 1.29 is 9.84 Å². The molecule has 2 aromatic carbocycles. The third-order valence-electron chi connectivity index (χ3n) is 2.79. The summed E-state index contributed by atoms with van der Waals surface area (Å²) in [6, 6.07) is 10.2. The van der Waals surface area contributed by atoms with Gasteiger partial charge in [-0.1, -0.05) is 30.1 Å². The van der Waals surface area contributed by atoms with Gasteiger partial charge in [0, 0.05) is 11.6 Å². The lowest BCUT2D eigenvalue weighted by Crippen LogP contribution is -1.96. The molecule has 0 amide bonds. The highest BCUT2D eigenvalue weighted by atomic mass is 35.5. The lowest BCUT2D eigenvalue weighted by atomic mass is 10.2. The molecule has 0 spiro atoms. The molecule has 2 N–H and O–H groups in total. The van der Waals surface area contributed by atoms with Gasteiger partial charge in [-0.2, -0.15) is 5.10 Å². The van der Waals surface area contributed by atoms with E-state index in [-0.39, 0.29) is 5.75 Å². The van der Waals surface area contributed by atoms with Crippen molar-refractivity contribution in [2.45, 2.75) is 13.3 Å². The first-order chi connectivity index (χ1) is 10.6. The fourth-order valence-corrected chi connectivity index (χ4v) is 1.98. The van der Waals surface area contributed by atoms with E-state index in [0.29, 0.717) is 33.7 Å². The number of phenolic OH excluding ortho intramolecular Hbond substituents is 1. The monoisotopic (exact) mass is 338 g/mol. The summed E-state index contributed by atoms with van der Waals surface area (Å²) in [4.78, 5) is 0. The largest absolute Gasteiger partial charge is 0.507 e. The Morgan fingerprint density at radius 2 is 2.00 bits per heavy atom. The van der Waals surface area contributed by atoms with Gasteiger partial charge in [0.25, 0.3) is 0 Å². The van der Waals surface area contributed by atoms with Crippen molar-refractivity contribution >= 4 is 35.1 Å². The number of nitrogens with one attached hydrogen (secondary N) is 1. The Morgan fingerprint density at radius 1 is 1.18 bits per heavy atom. The van der Waals surface area contributed by atoms with Crippen molar-refractivity contribution in [3.05, 3.63) is 52.0 Å². The van der Waals surface area contributed by atoms with Gasteiger partial charge in [-0.25, -0.2) is 0 Å². The molecule has 2 aromatic rings. The Hall–Kier alpha value is -1.91. The van der Waals surface area contributed by atoms with Gasteiger partial charge in [0.05, 0.1) is 28.6 Å². The van der Waals surface area contributed by atoms with Gasteiger partial charge in [-0.15, -0.1) is 0 Å². The number of hydrazone groups is 1. The van der Waals surface area contributed by atoms with Crippen LogP contribution < -0.4 is 10.2 Å². The number of anilines is 1. The van der Waals surface area contributed by atoms with Crippen molar-refractivity contribution in [3.8, 4) is 11.5 Å². The van der Waals surface area contributed by atoms with Crippen LogP contribution in [0.5, 0.6) is 11.5 Å². The molecule has 116 valence electrons. The molecule has 0 heterocycles.